The Labute approximate surface area is 246 Å². The molecule has 0 bridgehead atoms. The van der Waals surface area contributed by atoms with Gasteiger partial charge in [0, 0.05) is 10.5 Å². The highest BCUT2D eigenvalue weighted by atomic mass is 19.4. The molecule has 0 saturated heterocycles. The second kappa shape index (κ2) is 18.5. The van der Waals surface area contributed by atoms with Crippen molar-refractivity contribution in [2.75, 3.05) is 26.4 Å². The number of aliphatic hydroxyl groups is 8. The summed E-state index contributed by atoms with van der Waals surface area (Å²) in [6.45, 7) is -3.59. The van der Waals surface area contributed by atoms with E-state index in [1.807, 2.05) is 0 Å². The summed E-state index contributed by atoms with van der Waals surface area (Å²) in [7, 11) is 0. The van der Waals surface area contributed by atoms with Crippen molar-refractivity contribution in [1.82, 2.24) is 5.32 Å². The normalized spacial score (nSPS) is 18.1. The standard InChI is InChI=1S/C24H33F3N4O13/c25-24(26,27)22(30-31-28)11-1-3-12(4-2-11)23(42)29-13(9-43-20(16(38)7-34)18(40)14(36)5-32)10-44-21(17(39)8-35)19(41)15(37)6-33/h1-6,13-22,34-41H,7-10H2,(H,29,42)/t14-,15-,16-,17-,18-,19-,20-,21-,22?/m1/s1. The zero-order valence-electron chi connectivity index (χ0n) is 22.7. The van der Waals surface area contributed by atoms with Gasteiger partial charge in [0.15, 0.2) is 18.6 Å². The number of nitrogens with zero attached hydrogens (tertiary/aromatic N) is 3. The number of benzene rings is 1. The van der Waals surface area contributed by atoms with Gasteiger partial charge in [-0.25, -0.2) is 0 Å². The number of aldehydes is 2. The number of ether oxygens (including phenoxy) is 2. The van der Waals surface area contributed by atoms with E-state index in [0.29, 0.717) is 0 Å². The van der Waals surface area contributed by atoms with Crippen molar-refractivity contribution in [3.05, 3.63) is 45.8 Å². The minimum Gasteiger partial charge on any atom is -0.394 e. The summed E-state index contributed by atoms with van der Waals surface area (Å²) in [5, 5.41) is 83.1. The third-order valence-corrected chi connectivity index (χ3v) is 6.07. The number of halogens is 3. The molecule has 0 aliphatic carbocycles. The Morgan fingerprint density at radius 2 is 1.32 bits per heavy atom. The zero-order valence-corrected chi connectivity index (χ0v) is 22.7. The lowest BCUT2D eigenvalue weighted by molar-refractivity contribution is -0.162. The van der Waals surface area contributed by atoms with Crippen LogP contribution in [0.5, 0.6) is 0 Å². The van der Waals surface area contributed by atoms with E-state index >= 15 is 0 Å². The summed E-state index contributed by atoms with van der Waals surface area (Å²) < 4.78 is 50.2. The van der Waals surface area contributed by atoms with Gasteiger partial charge in [-0.1, -0.05) is 17.2 Å². The fourth-order valence-electron chi connectivity index (χ4n) is 3.68. The van der Waals surface area contributed by atoms with Crippen LogP contribution < -0.4 is 5.32 Å². The van der Waals surface area contributed by atoms with Crippen molar-refractivity contribution in [3.8, 4) is 0 Å². The molecule has 44 heavy (non-hydrogen) atoms. The topological polar surface area (TPSA) is 292 Å². The molecule has 0 spiro atoms. The van der Waals surface area contributed by atoms with Gasteiger partial charge in [-0.05, 0) is 23.2 Å². The molecule has 248 valence electrons. The number of rotatable bonds is 20. The highest BCUT2D eigenvalue weighted by molar-refractivity contribution is 5.94. The van der Waals surface area contributed by atoms with Gasteiger partial charge < -0.3 is 65.2 Å². The van der Waals surface area contributed by atoms with Crippen LogP contribution in [-0.2, 0) is 19.1 Å². The molecule has 0 heterocycles. The lowest BCUT2D eigenvalue weighted by Gasteiger charge is -2.32. The fourth-order valence-corrected chi connectivity index (χ4v) is 3.68. The Bertz CT molecular complexity index is 1060. The van der Waals surface area contributed by atoms with Crippen molar-refractivity contribution in [1.29, 1.82) is 0 Å². The molecule has 0 aliphatic rings. The number of hydrogen-bond donors (Lipinski definition) is 9. The molecule has 17 nitrogen and oxygen atoms in total. The molecular formula is C24H33F3N4O13. The van der Waals surface area contributed by atoms with Gasteiger partial charge in [-0.3, -0.25) is 4.79 Å². The van der Waals surface area contributed by atoms with Crippen LogP contribution in [0.1, 0.15) is 22.0 Å². The summed E-state index contributed by atoms with van der Waals surface area (Å²) in [6.07, 6.45) is -20.9. The van der Waals surface area contributed by atoms with Crippen LogP contribution in [0.25, 0.3) is 10.4 Å². The van der Waals surface area contributed by atoms with Gasteiger partial charge in [0.1, 0.15) is 48.8 Å². The van der Waals surface area contributed by atoms with Crippen LogP contribution in [0.2, 0.25) is 0 Å². The van der Waals surface area contributed by atoms with E-state index in [1.165, 1.54) is 0 Å². The molecule has 1 aromatic rings. The van der Waals surface area contributed by atoms with Crippen molar-refractivity contribution in [2.24, 2.45) is 5.11 Å². The number of carbonyl (C=O) groups excluding carboxylic acids is 3. The number of hydrogen-bond acceptors (Lipinski definition) is 14. The van der Waals surface area contributed by atoms with Gasteiger partial charge in [0.25, 0.3) is 5.91 Å². The second-order valence-corrected chi connectivity index (χ2v) is 9.27. The molecule has 0 saturated carbocycles. The summed E-state index contributed by atoms with van der Waals surface area (Å²) in [4.78, 5) is 36.9. The molecule has 9 atom stereocenters. The van der Waals surface area contributed by atoms with Crippen molar-refractivity contribution in [3.63, 3.8) is 0 Å². The van der Waals surface area contributed by atoms with E-state index in [9.17, 15) is 68.4 Å². The number of carbonyl (C=O) groups is 3. The van der Waals surface area contributed by atoms with Crippen molar-refractivity contribution in [2.45, 2.75) is 67.1 Å². The summed E-state index contributed by atoms with van der Waals surface area (Å²) in [5.41, 5.74) is 7.70. The predicted octanol–water partition coefficient (Wildman–Crippen LogP) is -2.98. The van der Waals surface area contributed by atoms with Crippen LogP contribution in [-0.4, -0.2) is 147 Å². The molecule has 1 amide bonds. The zero-order chi connectivity index (χ0) is 33.6. The molecule has 1 aromatic carbocycles. The third-order valence-electron chi connectivity index (χ3n) is 6.07. The fraction of sp³-hybridized carbons (Fsp3) is 0.625. The van der Waals surface area contributed by atoms with E-state index in [0.717, 1.165) is 24.3 Å². The van der Waals surface area contributed by atoms with Crippen LogP contribution in [0, 0.1) is 0 Å². The van der Waals surface area contributed by atoms with Crippen LogP contribution in [0.3, 0.4) is 0 Å². The van der Waals surface area contributed by atoms with E-state index in [4.69, 9.17) is 15.0 Å². The average molecular weight is 643 g/mol. The molecule has 0 radical (unpaired) electrons. The molecule has 1 unspecified atom stereocenters. The molecule has 20 heteroatoms. The first kappa shape index (κ1) is 38.8. The summed E-state index contributed by atoms with van der Waals surface area (Å²) in [6, 6.07) is -0.361. The van der Waals surface area contributed by atoms with E-state index in [1.54, 1.807) is 0 Å². The van der Waals surface area contributed by atoms with Gasteiger partial charge >= 0.3 is 6.18 Å². The lowest BCUT2D eigenvalue weighted by atomic mass is 10.0. The average Bonchev–Trinajstić information content (AvgIpc) is 3.01. The molecule has 0 fully saturated rings. The first-order valence-corrected chi connectivity index (χ1v) is 12.6. The first-order chi connectivity index (χ1) is 20.7. The maximum Gasteiger partial charge on any atom is 0.401 e. The van der Waals surface area contributed by atoms with Gasteiger partial charge in [0.05, 0.1) is 32.5 Å². The largest absolute Gasteiger partial charge is 0.401 e. The Morgan fingerprint density at radius 3 is 1.66 bits per heavy atom. The number of aliphatic hydroxyl groups excluding tert-OH is 8. The Kier molecular flexibility index (Phi) is 16.3. The number of nitrogens with one attached hydrogen (secondary N) is 1. The quantitative estimate of drug-likeness (QED) is 0.0297. The summed E-state index contributed by atoms with van der Waals surface area (Å²) >= 11 is 0. The lowest BCUT2D eigenvalue weighted by Crippen LogP contribution is -2.52. The van der Waals surface area contributed by atoms with Crippen LogP contribution >= 0.6 is 0 Å². The minimum atomic E-state index is -4.94. The van der Waals surface area contributed by atoms with E-state index in [2.05, 4.69) is 15.3 Å². The minimum absolute atomic E-state index is 0.0942. The maximum atomic E-state index is 13.2. The number of azide groups is 1. The summed E-state index contributed by atoms with van der Waals surface area (Å²) in [5.74, 6) is -0.999. The molecular weight excluding hydrogens is 609 g/mol. The van der Waals surface area contributed by atoms with E-state index in [-0.39, 0.29) is 18.1 Å². The Morgan fingerprint density at radius 1 is 0.886 bits per heavy atom. The SMILES string of the molecule is [N-]=[N+]=NC(c1ccc(C(=O)NC(CO[C@@H]([C@H](O)[C@H](O)C=O)[C@H](O)CO)CO[C@@H]([C@H](O)[C@H](O)C=O)[C@H](O)CO)cc1)C(F)(F)F. The van der Waals surface area contributed by atoms with E-state index < -0.39 is 105 Å². The molecule has 1 rings (SSSR count). The van der Waals surface area contributed by atoms with Gasteiger partial charge in [-0.15, -0.1) is 0 Å². The molecule has 9 N–H and O–H groups in total. The molecule has 0 aliphatic heterocycles. The Hall–Kier alpha value is -3.27. The van der Waals surface area contributed by atoms with Crippen LogP contribution in [0.15, 0.2) is 29.4 Å². The highest BCUT2D eigenvalue weighted by Crippen LogP contribution is 2.36. The van der Waals surface area contributed by atoms with Crippen LogP contribution in [0.4, 0.5) is 13.2 Å². The number of alkyl halides is 3. The van der Waals surface area contributed by atoms with Crippen molar-refractivity contribution < 1.29 is 77.9 Å². The third kappa shape index (κ3) is 11.3. The maximum absolute atomic E-state index is 13.2. The molecule has 0 aromatic heterocycles. The first-order valence-electron chi connectivity index (χ1n) is 12.6. The highest BCUT2D eigenvalue weighted by Gasteiger charge is 2.40. The van der Waals surface area contributed by atoms with Gasteiger partial charge in [0.2, 0.25) is 0 Å². The second-order valence-electron chi connectivity index (χ2n) is 9.27. The Balaban J connectivity index is 3.30. The predicted molar refractivity (Wildman–Crippen MR) is 137 cm³/mol. The smallest absolute Gasteiger partial charge is 0.394 e. The van der Waals surface area contributed by atoms with Gasteiger partial charge in [-0.2, -0.15) is 13.2 Å². The number of amides is 1. The van der Waals surface area contributed by atoms with Crippen molar-refractivity contribution >= 4 is 18.5 Å². The monoisotopic (exact) mass is 642 g/mol.